The second-order valence-electron chi connectivity index (χ2n) is 6.02. The molecule has 1 atom stereocenters. The van der Waals surface area contributed by atoms with Crippen LogP contribution in [0.15, 0.2) is 24.3 Å². The van der Waals surface area contributed by atoms with E-state index in [4.69, 9.17) is 5.73 Å². The molecule has 2 N–H and O–H groups in total. The monoisotopic (exact) mass is 288 g/mol. The fourth-order valence-electron chi connectivity index (χ4n) is 2.95. The highest BCUT2D eigenvalue weighted by molar-refractivity contribution is 5.96. The summed E-state index contributed by atoms with van der Waals surface area (Å²) in [4.78, 5) is 25.4. The summed E-state index contributed by atoms with van der Waals surface area (Å²) < 4.78 is 0. The Morgan fingerprint density at radius 1 is 1.29 bits per heavy atom. The van der Waals surface area contributed by atoms with Gasteiger partial charge in [0.05, 0.1) is 0 Å². The molecule has 0 bridgehead atoms. The third kappa shape index (κ3) is 4.97. The summed E-state index contributed by atoms with van der Waals surface area (Å²) in [6.07, 6.45) is 3.14. The van der Waals surface area contributed by atoms with Crippen molar-refractivity contribution in [2.75, 3.05) is 19.6 Å². The minimum absolute atomic E-state index is 0.187. The van der Waals surface area contributed by atoms with Gasteiger partial charge in [-0.25, -0.2) is 0 Å². The SMILES string of the molecule is Cc1ccc(C(=O)CCN2CCC[C@@H](CC(N)=O)C2)cc1. The highest BCUT2D eigenvalue weighted by Gasteiger charge is 2.21. The summed E-state index contributed by atoms with van der Waals surface area (Å²) in [5, 5.41) is 0. The highest BCUT2D eigenvalue weighted by Crippen LogP contribution is 2.19. The largest absolute Gasteiger partial charge is 0.370 e. The average Bonchev–Trinajstić information content (AvgIpc) is 2.45. The zero-order valence-corrected chi connectivity index (χ0v) is 12.7. The van der Waals surface area contributed by atoms with Crippen LogP contribution in [0.3, 0.4) is 0 Å². The zero-order chi connectivity index (χ0) is 15.2. The summed E-state index contributed by atoms with van der Waals surface area (Å²) in [5.74, 6) is 0.315. The smallest absolute Gasteiger partial charge is 0.217 e. The summed E-state index contributed by atoms with van der Waals surface area (Å²) in [6, 6.07) is 7.72. The highest BCUT2D eigenvalue weighted by atomic mass is 16.1. The number of aryl methyl sites for hydroxylation is 1. The van der Waals surface area contributed by atoms with Gasteiger partial charge >= 0.3 is 0 Å². The van der Waals surface area contributed by atoms with Gasteiger partial charge < -0.3 is 10.6 Å². The molecule has 0 aliphatic carbocycles. The normalized spacial score (nSPS) is 19.4. The first-order valence-corrected chi connectivity index (χ1v) is 7.65. The van der Waals surface area contributed by atoms with Gasteiger partial charge in [-0.3, -0.25) is 9.59 Å². The molecule has 114 valence electrons. The van der Waals surface area contributed by atoms with Crippen LogP contribution in [-0.4, -0.2) is 36.2 Å². The van der Waals surface area contributed by atoms with E-state index >= 15 is 0 Å². The van der Waals surface area contributed by atoms with Crippen LogP contribution in [-0.2, 0) is 4.79 Å². The van der Waals surface area contributed by atoms with Crippen molar-refractivity contribution < 1.29 is 9.59 Å². The van der Waals surface area contributed by atoms with E-state index in [-0.39, 0.29) is 11.7 Å². The molecule has 0 saturated carbocycles. The topological polar surface area (TPSA) is 63.4 Å². The number of carbonyl (C=O) groups is 2. The van der Waals surface area contributed by atoms with Gasteiger partial charge in [0, 0.05) is 31.5 Å². The number of primary amides is 1. The first kappa shape index (κ1) is 15.7. The average molecular weight is 288 g/mol. The van der Waals surface area contributed by atoms with E-state index in [0.717, 1.165) is 43.6 Å². The van der Waals surface area contributed by atoms with Crippen molar-refractivity contribution in [2.24, 2.45) is 11.7 Å². The van der Waals surface area contributed by atoms with Crippen LogP contribution in [0, 0.1) is 12.8 Å². The number of nitrogens with zero attached hydrogens (tertiary/aromatic N) is 1. The molecule has 1 heterocycles. The second-order valence-corrected chi connectivity index (χ2v) is 6.02. The molecule has 1 aliphatic rings. The number of hydrogen-bond acceptors (Lipinski definition) is 3. The Morgan fingerprint density at radius 3 is 2.67 bits per heavy atom. The molecule has 0 spiro atoms. The van der Waals surface area contributed by atoms with Crippen LogP contribution >= 0.6 is 0 Å². The van der Waals surface area contributed by atoms with Gasteiger partial charge in [0.1, 0.15) is 0 Å². The number of piperidine rings is 1. The molecule has 1 amide bonds. The third-order valence-corrected chi connectivity index (χ3v) is 4.12. The van der Waals surface area contributed by atoms with Gasteiger partial charge in [-0.05, 0) is 32.2 Å². The number of hydrogen-bond donors (Lipinski definition) is 1. The van der Waals surface area contributed by atoms with Crippen LogP contribution in [0.1, 0.15) is 41.6 Å². The first-order chi connectivity index (χ1) is 10.0. The van der Waals surface area contributed by atoms with E-state index in [1.54, 1.807) is 0 Å². The maximum absolute atomic E-state index is 12.2. The van der Waals surface area contributed by atoms with Crippen molar-refractivity contribution in [2.45, 2.75) is 32.6 Å². The number of likely N-dealkylation sites (tertiary alicyclic amines) is 1. The van der Waals surface area contributed by atoms with Crippen molar-refractivity contribution in [3.05, 3.63) is 35.4 Å². The molecule has 1 aromatic carbocycles. The quantitative estimate of drug-likeness (QED) is 0.816. The molecule has 0 radical (unpaired) electrons. The standard InChI is InChI=1S/C17H24N2O2/c1-13-4-6-15(7-5-13)16(20)8-10-19-9-2-3-14(12-19)11-17(18)21/h4-7,14H,2-3,8-12H2,1H3,(H2,18,21)/t14-/m0/s1. The minimum Gasteiger partial charge on any atom is -0.370 e. The molecule has 21 heavy (non-hydrogen) atoms. The molecule has 4 heteroatoms. The number of Topliss-reactive ketones (excluding diaryl/α,β-unsaturated/α-hetero) is 1. The van der Waals surface area contributed by atoms with Gasteiger partial charge in [0.25, 0.3) is 0 Å². The van der Waals surface area contributed by atoms with Crippen LogP contribution in [0.4, 0.5) is 0 Å². The fraction of sp³-hybridized carbons (Fsp3) is 0.529. The Bertz CT molecular complexity index is 496. The maximum atomic E-state index is 12.2. The zero-order valence-electron chi connectivity index (χ0n) is 12.7. The van der Waals surface area contributed by atoms with Crippen LogP contribution < -0.4 is 5.73 Å². The van der Waals surface area contributed by atoms with Gasteiger partial charge in [0.15, 0.2) is 5.78 Å². The summed E-state index contributed by atoms with van der Waals surface area (Å²) >= 11 is 0. The summed E-state index contributed by atoms with van der Waals surface area (Å²) in [7, 11) is 0. The first-order valence-electron chi connectivity index (χ1n) is 7.65. The maximum Gasteiger partial charge on any atom is 0.217 e. The molecule has 1 saturated heterocycles. The molecule has 4 nitrogen and oxygen atoms in total. The Morgan fingerprint density at radius 2 is 2.00 bits per heavy atom. The van der Waals surface area contributed by atoms with Crippen molar-refractivity contribution >= 4 is 11.7 Å². The molecule has 1 fully saturated rings. The Hall–Kier alpha value is -1.68. The molecule has 2 rings (SSSR count). The minimum atomic E-state index is -0.224. The van der Waals surface area contributed by atoms with E-state index in [1.807, 2.05) is 31.2 Å². The van der Waals surface area contributed by atoms with E-state index in [9.17, 15) is 9.59 Å². The van der Waals surface area contributed by atoms with Gasteiger partial charge in [-0.2, -0.15) is 0 Å². The molecular formula is C17H24N2O2. The van der Waals surface area contributed by atoms with Crippen LogP contribution in [0.5, 0.6) is 0 Å². The molecule has 0 aromatic heterocycles. The Balaban J connectivity index is 1.80. The molecular weight excluding hydrogens is 264 g/mol. The van der Waals surface area contributed by atoms with E-state index in [2.05, 4.69) is 4.90 Å². The van der Waals surface area contributed by atoms with E-state index in [0.29, 0.717) is 18.8 Å². The Labute approximate surface area is 126 Å². The fourth-order valence-corrected chi connectivity index (χ4v) is 2.95. The van der Waals surface area contributed by atoms with Crippen LogP contribution in [0.2, 0.25) is 0 Å². The predicted octanol–water partition coefficient (Wildman–Crippen LogP) is 2.16. The summed E-state index contributed by atoms with van der Waals surface area (Å²) in [6.45, 7) is 4.67. The number of ketones is 1. The number of rotatable bonds is 6. The van der Waals surface area contributed by atoms with Gasteiger partial charge in [0.2, 0.25) is 5.91 Å². The lowest BCUT2D eigenvalue weighted by Crippen LogP contribution is -2.38. The predicted molar refractivity (Wildman–Crippen MR) is 83.1 cm³/mol. The van der Waals surface area contributed by atoms with Gasteiger partial charge in [-0.15, -0.1) is 0 Å². The third-order valence-electron chi connectivity index (χ3n) is 4.12. The van der Waals surface area contributed by atoms with Crippen LogP contribution in [0.25, 0.3) is 0 Å². The summed E-state index contributed by atoms with van der Waals surface area (Å²) in [5.41, 5.74) is 7.21. The van der Waals surface area contributed by atoms with E-state index < -0.39 is 0 Å². The lowest BCUT2D eigenvalue weighted by atomic mass is 9.94. The number of benzene rings is 1. The van der Waals surface area contributed by atoms with Crippen molar-refractivity contribution in [3.8, 4) is 0 Å². The van der Waals surface area contributed by atoms with Crippen molar-refractivity contribution in [1.82, 2.24) is 4.90 Å². The lowest BCUT2D eigenvalue weighted by molar-refractivity contribution is -0.119. The Kier molecular flexibility index (Phi) is 5.51. The van der Waals surface area contributed by atoms with Crippen molar-refractivity contribution in [3.63, 3.8) is 0 Å². The van der Waals surface area contributed by atoms with E-state index in [1.165, 1.54) is 0 Å². The lowest BCUT2D eigenvalue weighted by Gasteiger charge is -2.32. The van der Waals surface area contributed by atoms with Gasteiger partial charge in [-0.1, -0.05) is 29.8 Å². The number of carbonyl (C=O) groups excluding carboxylic acids is 2. The molecule has 0 unspecified atom stereocenters. The number of amides is 1. The molecule has 1 aromatic rings. The van der Waals surface area contributed by atoms with Crippen molar-refractivity contribution in [1.29, 1.82) is 0 Å². The second kappa shape index (κ2) is 7.36. The number of nitrogens with two attached hydrogens (primary N) is 1. The molecule has 1 aliphatic heterocycles.